The predicted octanol–water partition coefficient (Wildman–Crippen LogP) is 2.38. The van der Waals surface area contributed by atoms with Crippen molar-refractivity contribution in [3.05, 3.63) is 34.9 Å². The van der Waals surface area contributed by atoms with Gasteiger partial charge in [0.2, 0.25) is 0 Å². The summed E-state index contributed by atoms with van der Waals surface area (Å²) in [4.78, 5) is 0. The summed E-state index contributed by atoms with van der Waals surface area (Å²) in [5.74, 6) is 0. The van der Waals surface area contributed by atoms with E-state index in [0.29, 0.717) is 0 Å². The molecule has 0 bridgehead atoms. The molecule has 0 aromatic heterocycles. The van der Waals surface area contributed by atoms with Crippen LogP contribution in [0.25, 0.3) is 0 Å². The van der Waals surface area contributed by atoms with E-state index >= 15 is 0 Å². The van der Waals surface area contributed by atoms with Crippen LogP contribution in [0.1, 0.15) is 30.0 Å². The highest BCUT2D eigenvalue weighted by Crippen LogP contribution is 2.10. The summed E-state index contributed by atoms with van der Waals surface area (Å²) in [6.07, 6.45) is 1.03. The number of nitrogens with one attached hydrogen (secondary N) is 1. The highest BCUT2D eigenvalue weighted by molar-refractivity contribution is 5.37. The maximum Gasteiger partial charge on any atom is 0.0991 e. The molecule has 0 fully saturated rings. The van der Waals surface area contributed by atoms with E-state index in [2.05, 4.69) is 11.4 Å². The van der Waals surface area contributed by atoms with E-state index < -0.39 is 0 Å². The number of aryl methyl sites for hydroxylation is 1. The Morgan fingerprint density at radius 2 is 2.24 bits per heavy atom. The first kappa shape index (κ1) is 13.7. The fourth-order valence-electron chi connectivity index (χ4n) is 1.63. The summed E-state index contributed by atoms with van der Waals surface area (Å²) in [5.41, 5.74) is 3.14. The Morgan fingerprint density at radius 3 is 2.88 bits per heavy atom. The lowest BCUT2D eigenvalue weighted by atomic mass is 10.1. The summed E-state index contributed by atoms with van der Waals surface area (Å²) in [6, 6.07) is 7.96. The zero-order valence-electron chi connectivity index (χ0n) is 10.6. The zero-order valence-corrected chi connectivity index (χ0v) is 10.6. The molecule has 0 heterocycles. The molecule has 0 unspecified atom stereocenters. The number of hydrogen-bond donors (Lipinski definition) is 1. The summed E-state index contributed by atoms with van der Waals surface area (Å²) in [5, 5.41) is 12.1. The molecule has 92 valence electrons. The smallest absolute Gasteiger partial charge is 0.0991 e. The summed E-state index contributed by atoms with van der Waals surface area (Å²) >= 11 is 0. The molecule has 3 nitrogen and oxygen atoms in total. The number of hydrogen-bond acceptors (Lipinski definition) is 3. The van der Waals surface area contributed by atoms with E-state index in [1.54, 1.807) is 0 Å². The molecule has 3 heteroatoms. The molecule has 0 amide bonds. The molecule has 17 heavy (non-hydrogen) atoms. The lowest BCUT2D eigenvalue weighted by molar-refractivity contribution is 0.144. The highest BCUT2D eigenvalue weighted by Gasteiger charge is 1.99. The van der Waals surface area contributed by atoms with Gasteiger partial charge in [-0.2, -0.15) is 5.26 Å². The van der Waals surface area contributed by atoms with Gasteiger partial charge in [0.1, 0.15) is 0 Å². The third-order valence-electron chi connectivity index (χ3n) is 2.63. The van der Waals surface area contributed by atoms with E-state index in [1.807, 2.05) is 32.0 Å². The lowest BCUT2D eigenvalue weighted by Crippen LogP contribution is -2.17. The minimum absolute atomic E-state index is 0.725. The van der Waals surface area contributed by atoms with Crippen LogP contribution >= 0.6 is 0 Å². The lowest BCUT2D eigenvalue weighted by Gasteiger charge is -2.08. The van der Waals surface area contributed by atoms with Crippen LogP contribution in [0.5, 0.6) is 0 Å². The molecule has 0 spiro atoms. The van der Waals surface area contributed by atoms with Crippen LogP contribution in [0.3, 0.4) is 0 Å². The van der Waals surface area contributed by atoms with E-state index in [-0.39, 0.29) is 0 Å². The monoisotopic (exact) mass is 232 g/mol. The molecule has 0 aliphatic heterocycles. The fourth-order valence-corrected chi connectivity index (χ4v) is 1.63. The third kappa shape index (κ3) is 4.99. The maximum absolute atomic E-state index is 8.77. The average Bonchev–Trinajstić information content (AvgIpc) is 2.35. The summed E-state index contributed by atoms with van der Waals surface area (Å²) in [6.45, 7) is 7.46. The molecule has 0 saturated heterocycles. The zero-order chi connectivity index (χ0) is 12.5. The van der Waals surface area contributed by atoms with Crippen molar-refractivity contribution in [1.29, 1.82) is 5.26 Å². The Labute approximate surface area is 103 Å². The molecular weight excluding hydrogens is 212 g/mol. The van der Waals surface area contributed by atoms with Gasteiger partial charge in [0.15, 0.2) is 0 Å². The minimum atomic E-state index is 0.725. The molecule has 1 aromatic rings. The van der Waals surface area contributed by atoms with Crippen molar-refractivity contribution in [1.82, 2.24) is 5.32 Å². The van der Waals surface area contributed by atoms with Crippen molar-refractivity contribution in [2.24, 2.45) is 0 Å². The van der Waals surface area contributed by atoms with Gasteiger partial charge in [0, 0.05) is 19.8 Å². The van der Waals surface area contributed by atoms with Crippen molar-refractivity contribution >= 4 is 0 Å². The van der Waals surface area contributed by atoms with Crippen molar-refractivity contribution in [3.63, 3.8) is 0 Å². The van der Waals surface area contributed by atoms with Crippen LogP contribution in [0.2, 0.25) is 0 Å². The maximum atomic E-state index is 8.77. The minimum Gasteiger partial charge on any atom is -0.382 e. The van der Waals surface area contributed by atoms with Crippen molar-refractivity contribution in [3.8, 4) is 6.07 Å². The van der Waals surface area contributed by atoms with Crippen LogP contribution in [0.15, 0.2) is 18.2 Å². The molecule has 1 aromatic carbocycles. The second-order valence-corrected chi connectivity index (χ2v) is 3.98. The van der Waals surface area contributed by atoms with E-state index in [9.17, 15) is 0 Å². The molecule has 0 radical (unpaired) electrons. The second kappa shape index (κ2) is 7.83. The van der Waals surface area contributed by atoms with Crippen LogP contribution in [0, 0.1) is 18.3 Å². The second-order valence-electron chi connectivity index (χ2n) is 3.98. The van der Waals surface area contributed by atoms with E-state index in [0.717, 1.165) is 38.3 Å². The number of benzene rings is 1. The Morgan fingerprint density at radius 1 is 1.41 bits per heavy atom. The summed E-state index contributed by atoms with van der Waals surface area (Å²) in [7, 11) is 0. The first-order valence-corrected chi connectivity index (χ1v) is 6.06. The van der Waals surface area contributed by atoms with Gasteiger partial charge < -0.3 is 10.1 Å². The van der Waals surface area contributed by atoms with Crippen LogP contribution in [-0.2, 0) is 11.3 Å². The van der Waals surface area contributed by atoms with Crippen molar-refractivity contribution in [2.75, 3.05) is 19.8 Å². The molecule has 1 rings (SSSR count). The predicted molar refractivity (Wildman–Crippen MR) is 68.7 cm³/mol. The van der Waals surface area contributed by atoms with E-state index in [1.165, 1.54) is 11.1 Å². The molecule has 0 atom stereocenters. The van der Waals surface area contributed by atoms with Gasteiger partial charge in [-0.05, 0) is 50.1 Å². The highest BCUT2D eigenvalue weighted by atomic mass is 16.5. The first-order chi connectivity index (χ1) is 8.27. The van der Waals surface area contributed by atoms with Gasteiger partial charge in [0.25, 0.3) is 0 Å². The van der Waals surface area contributed by atoms with Gasteiger partial charge in [-0.1, -0.05) is 6.07 Å². The van der Waals surface area contributed by atoms with Crippen LogP contribution < -0.4 is 5.32 Å². The SMILES string of the molecule is CCOCCCNCc1ccc(C#N)cc1C. The van der Waals surface area contributed by atoms with Gasteiger partial charge in [0.05, 0.1) is 11.6 Å². The topological polar surface area (TPSA) is 45.0 Å². The van der Waals surface area contributed by atoms with Crippen molar-refractivity contribution in [2.45, 2.75) is 26.8 Å². The Hall–Kier alpha value is -1.37. The number of rotatable bonds is 7. The quantitative estimate of drug-likeness (QED) is 0.734. The van der Waals surface area contributed by atoms with Crippen LogP contribution in [-0.4, -0.2) is 19.8 Å². The van der Waals surface area contributed by atoms with Gasteiger partial charge >= 0.3 is 0 Å². The molecule has 0 aliphatic carbocycles. The largest absolute Gasteiger partial charge is 0.382 e. The number of ether oxygens (including phenoxy) is 1. The third-order valence-corrected chi connectivity index (χ3v) is 2.63. The first-order valence-electron chi connectivity index (χ1n) is 6.06. The van der Waals surface area contributed by atoms with Gasteiger partial charge in [-0.25, -0.2) is 0 Å². The van der Waals surface area contributed by atoms with E-state index in [4.69, 9.17) is 10.00 Å². The normalized spacial score (nSPS) is 10.2. The van der Waals surface area contributed by atoms with Crippen molar-refractivity contribution < 1.29 is 4.74 Å². The molecule has 0 saturated carbocycles. The molecular formula is C14H20N2O. The Balaban J connectivity index is 2.30. The van der Waals surface area contributed by atoms with Gasteiger partial charge in [-0.15, -0.1) is 0 Å². The average molecular weight is 232 g/mol. The number of nitrogens with zero attached hydrogens (tertiary/aromatic N) is 1. The Kier molecular flexibility index (Phi) is 6.31. The fraction of sp³-hybridized carbons (Fsp3) is 0.500. The Bertz CT molecular complexity index is 382. The standard InChI is InChI=1S/C14H20N2O/c1-3-17-8-4-7-16-11-14-6-5-13(10-15)9-12(14)2/h5-6,9,16H,3-4,7-8,11H2,1-2H3. The molecule has 1 N–H and O–H groups in total. The van der Waals surface area contributed by atoms with Gasteiger partial charge in [-0.3, -0.25) is 0 Å². The summed E-state index contributed by atoms with van der Waals surface area (Å²) < 4.78 is 5.26. The number of nitriles is 1. The molecule has 0 aliphatic rings. The van der Waals surface area contributed by atoms with Crippen LogP contribution in [0.4, 0.5) is 0 Å².